The predicted molar refractivity (Wildman–Crippen MR) is 116 cm³/mol. The molecule has 1 heterocycles. The lowest BCUT2D eigenvalue weighted by Crippen LogP contribution is -2.21. The Morgan fingerprint density at radius 3 is 2.40 bits per heavy atom. The fraction of sp³-hybridized carbons (Fsp3) is 0.250. The van der Waals surface area contributed by atoms with Crippen LogP contribution in [-0.4, -0.2) is 32.1 Å². The predicted octanol–water partition coefficient (Wildman–Crippen LogP) is 4.45. The van der Waals surface area contributed by atoms with E-state index in [1.54, 1.807) is 31.4 Å². The number of benzene rings is 2. The van der Waals surface area contributed by atoms with Crippen LogP contribution in [-0.2, 0) is 14.3 Å². The SMILES string of the molecule is CCN(CC)c1ccc(/C=C2\C=C(c3ccc(OC)cc3)OC2=O)c(OC(C)=O)c1. The van der Waals surface area contributed by atoms with Crippen LogP contribution in [0.2, 0.25) is 0 Å². The standard InChI is InChI=1S/C24H25NO5/c1-5-25(6-2)20-10-7-18(23(15-20)29-16(3)26)13-19-14-22(30-24(19)27)17-8-11-21(28-4)12-9-17/h7-15H,5-6H2,1-4H3/b19-13+. The Bertz CT molecular complexity index is 1000. The zero-order valence-corrected chi connectivity index (χ0v) is 17.6. The number of carbonyl (C=O) groups excluding carboxylic acids is 2. The monoisotopic (exact) mass is 407 g/mol. The molecule has 3 rings (SSSR count). The molecule has 0 radical (unpaired) electrons. The molecule has 0 amide bonds. The average Bonchev–Trinajstić information content (AvgIpc) is 3.10. The molecule has 0 unspecified atom stereocenters. The topological polar surface area (TPSA) is 65.1 Å². The van der Waals surface area contributed by atoms with Gasteiger partial charge in [0.05, 0.1) is 12.7 Å². The summed E-state index contributed by atoms with van der Waals surface area (Å²) in [7, 11) is 1.59. The lowest BCUT2D eigenvalue weighted by molar-refractivity contribution is -0.132. The number of rotatable bonds is 7. The molecule has 0 saturated carbocycles. The Labute approximate surface area is 176 Å². The van der Waals surface area contributed by atoms with E-state index in [4.69, 9.17) is 14.2 Å². The number of cyclic esters (lactones) is 1. The van der Waals surface area contributed by atoms with Crippen molar-refractivity contribution in [1.29, 1.82) is 0 Å². The molecule has 0 atom stereocenters. The summed E-state index contributed by atoms with van der Waals surface area (Å²) < 4.78 is 16.0. The zero-order valence-electron chi connectivity index (χ0n) is 17.6. The van der Waals surface area contributed by atoms with Gasteiger partial charge in [-0.1, -0.05) is 0 Å². The van der Waals surface area contributed by atoms with Crippen LogP contribution in [0.5, 0.6) is 11.5 Å². The summed E-state index contributed by atoms with van der Waals surface area (Å²) in [5.41, 5.74) is 2.72. The van der Waals surface area contributed by atoms with Crippen molar-refractivity contribution in [2.24, 2.45) is 0 Å². The van der Waals surface area contributed by atoms with Gasteiger partial charge in [-0.25, -0.2) is 4.79 Å². The molecule has 0 fully saturated rings. The van der Waals surface area contributed by atoms with Crippen LogP contribution in [0, 0.1) is 0 Å². The number of hydrogen-bond acceptors (Lipinski definition) is 6. The number of carbonyl (C=O) groups is 2. The summed E-state index contributed by atoms with van der Waals surface area (Å²) in [6.45, 7) is 7.13. The van der Waals surface area contributed by atoms with Crippen molar-refractivity contribution >= 4 is 29.5 Å². The molecule has 0 aromatic heterocycles. The van der Waals surface area contributed by atoms with Gasteiger partial charge in [-0.05, 0) is 62.4 Å². The molecule has 0 saturated heterocycles. The maximum atomic E-state index is 12.4. The number of methoxy groups -OCH3 is 1. The second kappa shape index (κ2) is 9.31. The van der Waals surface area contributed by atoms with Crippen molar-refractivity contribution in [2.45, 2.75) is 20.8 Å². The van der Waals surface area contributed by atoms with E-state index in [2.05, 4.69) is 18.7 Å². The van der Waals surface area contributed by atoms with Gasteiger partial charge in [-0.15, -0.1) is 0 Å². The molecule has 6 nitrogen and oxygen atoms in total. The van der Waals surface area contributed by atoms with E-state index in [9.17, 15) is 9.59 Å². The zero-order chi connectivity index (χ0) is 21.7. The summed E-state index contributed by atoms with van der Waals surface area (Å²) in [4.78, 5) is 26.2. The number of nitrogens with zero attached hydrogens (tertiary/aromatic N) is 1. The minimum Gasteiger partial charge on any atom is -0.497 e. The lowest BCUT2D eigenvalue weighted by Gasteiger charge is -2.22. The summed E-state index contributed by atoms with van der Waals surface area (Å²) in [6, 6.07) is 12.8. The molecule has 1 aliphatic heterocycles. The van der Waals surface area contributed by atoms with Gasteiger partial charge in [0.1, 0.15) is 17.3 Å². The third kappa shape index (κ3) is 4.71. The minimum atomic E-state index is -0.456. The van der Waals surface area contributed by atoms with E-state index in [0.717, 1.165) is 30.1 Å². The molecule has 6 heteroatoms. The quantitative estimate of drug-likeness (QED) is 0.384. The van der Waals surface area contributed by atoms with Gasteiger partial charge in [-0.3, -0.25) is 4.79 Å². The van der Waals surface area contributed by atoms with Crippen molar-refractivity contribution in [3.8, 4) is 11.5 Å². The van der Waals surface area contributed by atoms with E-state index in [1.807, 2.05) is 30.3 Å². The Morgan fingerprint density at radius 2 is 1.80 bits per heavy atom. The molecule has 2 aromatic rings. The highest BCUT2D eigenvalue weighted by Crippen LogP contribution is 2.32. The van der Waals surface area contributed by atoms with Crippen LogP contribution in [0.1, 0.15) is 31.9 Å². The first-order chi connectivity index (χ1) is 14.4. The molecule has 1 aliphatic rings. The van der Waals surface area contributed by atoms with Gasteiger partial charge < -0.3 is 19.1 Å². The van der Waals surface area contributed by atoms with Crippen LogP contribution in [0.4, 0.5) is 5.69 Å². The van der Waals surface area contributed by atoms with Crippen LogP contribution >= 0.6 is 0 Å². The molecule has 30 heavy (non-hydrogen) atoms. The first-order valence-electron chi connectivity index (χ1n) is 9.82. The average molecular weight is 407 g/mol. The first-order valence-corrected chi connectivity index (χ1v) is 9.82. The summed E-state index contributed by atoms with van der Waals surface area (Å²) in [5.74, 6) is 0.706. The van der Waals surface area contributed by atoms with Crippen LogP contribution in [0.15, 0.2) is 54.1 Å². The molecule has 0 spiro atoms. The van der Waals surface area contributed by atoms with Crippen molar-refractivity contribution in [3.05, 3.63) is 65.2 Å². The van der Waals surface area contributed by atoms with E-state index in [1.165, 1.54) is 6.92 Å². The van der Waals surface area contributed by atoms with Gasteiger partial charge in [-0.2, -0.15) is 0 Å². The van der Waals surface area contributed by atoms with Gasteiger partial charge in [0.15, 0.2) is 0 Å². The maximum Gasteiger partial charge on any atom is 0.343 e. The van der Waals surface area contributed by atoms with Crippen LogP contribution in [0.25, 0.3) is 11.8 Å². The normalized spacial score (nSPS) is 14.3. The number of ether oxygens (including phenoxy) is 3. The van der Waals surface area contributed by atoms with Gasteiger partial charge in [0.2, 0.25) is 0 Å². The number of hydrogen-bond donors (Lipinski definition) is 0. The molecular weight excluding hydrogens is 382 g/mol. The second-order valence-corrected chi connectivity index (χ2v) is 6.71. The lowest BCUT2D eigenvalue weighted by atomic mass is 10.1. The van der Waals surface area contributed by atoms with Crippen LogP contribution in [0.3, 0.4) is 0 Å². The van der Waals surface area contributed by atoms with Crippen molar-refractivity contribution in [3.63, 3.8) is 0 Å². The summed E-state index contributed by atoms with van der Waals surface area (Å²) in [5, 5.41) is 0. The van der Waals surface area contributed by atoms with Crippen molar-refractivity contribution in [1.82, 2.24) is 0 Å². The van der Waals surface area contributed by atoms with E-state index in [0.29, 0.717) is 22.6 Å². The van der Waals surface area contributed by atoms with E-state index < -0.39 is 11.9 Å². The Kier molecular flexibility index (Phi) is 6.57. The molecule has 2 aromatic carbocycles. The van der Waals surface area contributed by atoms with Gasteiger partial charge in [0.25, 0.3) is 0 Å². The Morgan fingerprint density at radius 1 is 1.10 bits per heavy atom. The second-order valence-electron chi connectivity index (χ2n) is 6.71. The third-order valence-electron chi connectivity index (χ3n) is 4.79. The van der Waals surface area contributed by atoms with Gasteiger partial charge in [0, 0.05) is 42.9 Å². The Hall–Kier alpha value is -3.54. The first kappa shape index (κ1) is 21.2. The highest BCUT2D eigenvalue weighted by molar-refractivity contribution is 6.05. The molecule has 156 valence electrons. The van der Waals surface area contributed by atoms with Crippen molar-refractivity contribution < 1.29 is 23.8 Å². The third-order valence-corrected chi connectivity index (χ3v) is 4.79. The molecular formula is C24H25NO5. The fourth-order valence-electron chi connectivity index (χ4n) is 3.23. The van der Waals surface area contributed by atoms with Gasteiger partial charge >= 0.3 is 11.9 Å². The molecule has 0 N–H and O–H groups in total. The molecule has 0 bridgehead atoms. The highest BCUT2D eigenvalue weighted by atomic mass is 16.5. The highest BCUT2D eigenvalue weighted by Gasteiger charge is 2.23. The van der Waals surface area contributed by atoms with Crippen molar-refractivity contribution in [2.75, 3.05) is 25.1 Å². The van der Waals surface area contributed by atoms with Crippen LogP contribution < -0.4 is 14.4 Å². The molecule has 0 aliphatic carbocycles. The minimum absolute atomic E-state index is 0.379. The Balaban J connectivity index is 1.96. The fourth-order valence-corrected chi connectivity index (χ4v) is 3.23. The summed E-state index contributed by atoms with van der Waals surface area (Å²) in [6.07, 6.45) is 3.35. The smallest absolute Gasteiger partial charge is 0.343 e. The van der Waals surface area contributed by atoms with E-state index in [-0.39, 0.29) is 0 Å². The number of esters is 2. The number of anilines is 1. The summed E-state index contributed by atoms with van der Waals surface area (Å²) >= 11 is 0. The largest absolute Gasteiger partial charge is 0.497 e. The van der Waals surface area contributed by atoms with E-state index >= 15 is 0 Å². The maximum absolute atomic E-state index is 12.4.